The van der Waals surface area contributed by atoms with E-state index in [-0.39, 0.29) is 12.5 Å². The summed E-state index contributed by atoms with van der Waals surface area (Å²) in [6.45, 7) is 10.7. The zero-order valence-corrected chi connectivity index (χ0v) is 11.5. The van der Waals surface area contributed by atoms with Crippen molar-refractivity contribution in [2.45, 2.75) is 46.6 Å². The smallest absolute Gasteiger partial charge is 0.410 e. The second-order valence-electron chi connectivity index (χ2n) is 4.61. The average molecular weight is 244 g/mol. The average Bonchev–Trinajstić information content (AvgIpc) is 2.43. The minimum Gasteiger partial charge on any atom is -0.444 e. The highest BCUT2D eigenvalue weighted by Crippen LogP contribution is 2.10. The number of carbonyl (C=O) groups is 2. The number of carbonyl (C=O) groups excluding carboxylic acids is 2. The Morgan fingerprint density at radius 1 is 1.35 bits per heavy atom. The van der Waals surface area contributed by atoms with Crippen LogP contribution < -0.4 is 5.32 Å². The highest BCUT2D eigenvalue weighted by Gasteiger charge is 2.24. The first-order valence-corrected chi connectivity index (χ1v) is 6.13. The van der Waals surface area contributed by atoms with E-state index in [1.54, 1.807) is 0 Å². The van der Waals surface area contributed by atoms with Crippen LogP contribution in [0.1, 0.15) is 41.0 Å². The molecule has 0 spiro atoms. The number of amides is 2. The van der Waals surface area contributed by atoms with Crippen LogP contribution in [0.3, 0.4) is 0 Å². The Hall–Kier alpha value is -1.26. The van der Waals surface area contributed by atoms with E-state index >= 15 is 0 Å². The maximum atomic E-state index is 11.6. The quantitative estimate of drug-likeness (QED) is 0.706. The Morgan fingerprint density at radius 2 is 1.94 bits per heavy atom. The van der Waals surface area contributed by atoms with Gasteiger partial charge in [-0.15, -0.1) is 0 Å². The molecule has 1 saturated heterocycles. The van der Waals surface area contributed by atoms with E-state index in [0.717, 1.165) is 6.42 Å². The zero-order valence-electron chi connectivity index (χ0n) is 11.5. The lowest BCUT2D eigenvalue weighted by Crippen LogP contribution is -2.40. The normalized spacial score (nSPS) is 16.3. The fourth-order valence-corrected chi connectivity index (χ4v) is 1.29. The summed E-state index contributed by atoms with van der Waals surface area (Å²) in [5, 5.41) is 2.70. The lowest BCUT2D eigenvalue weighted by atomic mass is 10.2. The van der Waals surface area contributed by atoms with Crippen LogP contribution in [-0.4, -0.2) is 42.1 Å². The largest absolute Gasteiger partial charge is 0.444 e. The van der Waals surface area contributed by atoms with Crippen molar-refractivity contribution in [1.82, 2.24) is 10.2 Å². The fourth-order valence-electron chi connectivity index (χ4n) is 1.29. The van der Waals surface area contributed by atoms with Crippen molar-refractivity contribution in [3.63, 3.8) is 0 Å². The van der Waals surface area contributed by atoms with E-state index in [2.05, 4.69) is 5.32 Å². The van der Waals surface area contributed by atoms with E-state index in [1.807, 2.05) is 34.6 Å². The topological polar surface area (TPSA) is 58.6 Å². The van der Waals surface area contributed by atoms with Gasteiger partial charge < -0.3 is 10.1 Å². The standard InChI is InChI=1S/C10H18N2O3.C2H6/c1-10(2,3)15-9(14)12-6-4-5-11-8(13)7-12;1-2/h4-7H2,1-3H3,(H,11,13);1-2H3. The maximum Gasteiger partial charge on any atom is 0.410 e. The van der Waals surface area contributed by atoms with Gasteiger partial charge in [-0.1, -0.05) is 13.8 Å². The Morgan fingerprint density at radius 3 is 2.47 bits per heavy atom. The van der Waals surface area contributed by atoms with Crippen LogP contribution in [0, 0.1) is 0 Å². The highest BCUT2D eigenvalue weighted by molar-refractivity contribution is 5.82. The molecular formula is C12H24N2O3. The second kappa shape index (κ2) is 7.14. The molecule has 0 aliphatic carbocycles. The van der Waals surface area contributed by atoms with Gasteiger partial charge in [0, 0.05) is 13.1 Å². The van der Waals surface area contributed by atoms with E-state index < -0.39 is 11.7 Å². The molecule has 1 aliphatic rings. The Bertz CT molecular complexity index is 259. The molecule has 0 aromatic carbocycles. The highest BCUT2D eigenvalue weighted by atomic mass is 16.6. The molecule has 0 aromatic heterocycles. The van der Waals surface area contributed by atoms with Crippen molar-refractivity contribution in [3.05, 3.63) is 0 Å². The molecule has 0 atom stereocenters. The van der Waals surface area contributed by atoms with Crippen LogP contribution >= 0.6 is 0 Å². The molecule has 100 valence electrons. The van der Waals surface area contributed by atoms with Crippen molar-refractivity contribution < 1.29 is 14.3 Å². The molecule has 1 rings (SSSR count). The molecule has 1 aliphatic heterocycles. The van der Waals surface area contributed by atoms with Gasteiger partial charge in [0.25, 0.3) is 0 Å². The molecule has 17 heavy (non-hydrogen) atoms. The van der Waals surface area contributed by atoms with Gasteiger partial charge >= 0.3 is 6.09 Å². The van der Waals surface area contributed by atoms with Gasteiger partial charge in [-0.3, -0.25) is 9.69 Å². The van der Waals surface area contributed by atoms with Gasteiger partial charge in [0.1, 0.15) is 12.1 Å². The first kappa shape index (κ1) is 15.7. The van der Waals surface area contributed by atoms with E-state index in [4.69, 9.17) is 4.74 Å². The molecule has 1 fully saturated rings. The number of rotatable bonds is 0. The minimum atomic E-state index is -0.514. The predicted octanol–water partition coefficient (Wildman–Crippen LogP) is 1.77. The molecule has 0 bridgehead atoms. The van der Waals surface area contributed by atoms with Crippen molar-refractivity contribution in [2.75, 3.05) is 19.6 Å². The summed E-state index contributed by atoms with van der Waals surface area (Å²) in [6, 6.07) is 0. The molecule has 0 radical (unpaired) electrons. The summed E-state index contributed by atoms with van der Waals surface area (Å²) < 4.78 is 5.19. The van der Waals surface area contributed by atoms with Gasteiger partial charge in [0.15, 0.2) is 0 Å². The number of nitrogens with one attached hydrogen (secondary N) is 1. The zero-order chi connectivity index (χ0) is 13.5. The van der Waals surface area contributed by atoms with Crippen LogP contribution in [-0.2, 0) is 9.53 Å². The van der Waals surface area contributed by atoms with Crippen LogP contribution in [0.2, 0.25) is 0 Å². The number of ether oxygens (including phenoxy) is 1. The number of hydrogen-bond acceptors (Lipinski definition) is 3. The van der Waals surface area contributed by atoms with Gasteiger partial charge in [-0.05, 0) is 27.2 Å². The molecule has 5 heteroatoms. The van der Waals surface area contributed by atoms with Gasteiger partial charge in [-0.2, -0.15) is 0 Å². The van der Waals surface area contributed by atoms with Crippen LogP contribution in [0.4, 0.5) is 4.79 Å². The van der Waals surface area contributed by atoms with Gasteiger partial charge in [0.05, 0.1) is 0 Å². The van der Waals surface area contributed by atoms with Gasteiger partial charge in [-0.25, -0.2) is 4.79 Å². The monoisotopic (exact) mass is 244 g/mol. The van der Waals surface area contributed by atoms with Crippen LogP contribution in [0.25, 0.3) is 0 Å². The molecule has 5 nitrogen and oxygen atoms in total. The van der Waals surface area contributed by atoms with Crippen molar-refractivity contribution in [3.8, 4) is 0 Å². The van der Waals surface area contributed by atoms with Crippen molar-refractivity contribution in [2.24, 2.45) is 0 Å². The minimum absolute atomic E-state index is 0.0922. The molecule has 0 aromatic rings. The molecule has 2 amide bonds. The van der Waals surface area contributed by atoms with Crippen LogP contribution in [0.5, 0.6) is 0 Å². The lowest BCUT2D eigenvalue weighted by Gasteiger charge is -2.25. The van der Waals surface area contributed by atoms with E-state index in [0.29, 0.717) is 13.1 Å². The van der Waals surface area contributed by atoms with Crippen molar-refractivity contribution in [1.29, 1.82) is 0 Å². The molecule has 1 N–H and O–H groups in total. The maximum absolute atomic E-state index is 11.6. The summed E-state index contributed by atoms with van der Waals surface area (Å²) in [6.07, 6.45) is 0.352. The first-order valence-electron chi connectivity index (χ1n) is 6.13. The second-order valence-corrected chi connectivity index (χ2v) is 4.61. The van der Waals surface area contributed by atoms with E-state index in [1.165, 1.54) is 4.90 Å². The summed E-state index contributed by atoms with van der Waals surface area (Å²) in [4.78, 5) is 24.3. The summed E-state index contributed by atoms with van der Waals surface area (Å²) >= 11 is 0. The Balaban J connectivity index is 0.00000121. The van der Waals surface area contributed by atoms with Gasteiger partial charge in [0.2, 0.25) is 5.91 Å². The molecular weight excluding hydrogens is 220 g/mol. The van der Waals surface area contributed by atoms with Crippen molar-refractivity contribution >= 4 is 12.0 Å². The Kier molecular flexibility index (Phi) is 6.61. The SMILES string of the molecule is CC.CC(C)(C)OC(=O)N1CCCNC(=O)C1. The summed E-state index contributed by atoms with van der Waals surface area (Å²) in [5.74, 6) is -0.127. The summed E-state index contributed by atoms with van der Waals surface area (Å²) in [7, 11) is 0. The number of hydrogen-bond donors (Lipinski definition) is 1. The third-order valence-corrected chi connectivity index (χ3v) is 1.91. The molecule has 0 saturated carbocycles. The Labute approximate surface area is 103 Å². The number of nitrogens with zero attached hydrogens (tertiary/aromatic N) is 1. The third kappa shape index (κ3) is 6.81. The first-order chi connectivity index (χ1) is 7.88. The molecule has 1 heterocycles. The molecule has 0 unspecified atom stereocenters. The lowest BCUT2D eigenvalue weighted by molar-refractivity contribution is -0.121. The fraction of sp³-hybridized carbons (Fsp3) is 0.833. The third-order valence-electron chi connectivity index (χ3n) is 1.91. The predicted molar refractivity (Wildman–Crippen MR) is 66.8 cm³/mol. The van der Waals surface area contributed by atoms with Crippen LogP contribution in [0.15, 0.2) is 0 Å². The summed E-state index contributed by atoms with van der Waals surface area (Å²) in [5.41, 5.74) is -0.514. The van der Waals surface area contributed by atoms with E-state index in [9.17, 15) is 9.59 Å².